The number of anilines is 2. The quantitative estimate of drug-likeness (QED) is 0.823. The van der Waals surface area contributed by atoms with Gasteiger partial charge in [0, 0.05) is 30.4 Å². The summed E-state index contributed by atoms with van der Waals surface area (Å²) in [6, 6.07) is 6.68. The number of thiocarbonyl (C=S) groups is 1. The Kier molecular flexibility index (Phi) is 4.21. The molecule has 0 unspecified atom stereocenters. The molecule has 3 atom stereocenters. The van der Waals surface area contributed by atoms with E-state index in [4.69, 9.17) is 12.2 Å². The molecule has 1 aromatic carbocycles. The smallest absolute Gasteiger partial charge is 0.227 e. The van der Waals surface area contributed by atoms with Gasteiger partial charge in [0.2, 0.25) is 5.91 Å². The van der Waals surface area contributed by atoms with Crippen molar-refractivity contribution < 1.29 is 4.79 Å². The van der Waals surface area contributed by atoms with Crippen LogP contribution in [0.5, 0.6) is 0 Å². The Balaban J connectivity index is 1.42. The number of hydrogen-bond acceptors (Lipinski definition) is 2. The molecule has 1 aromatic rings. The lowest BCUT2D eigenvalue weighted by molar-refractivity contribution is -0.117. The standard InChI is InChI=1S/C19H25N3OS/c1-12-4-7-15(11-17(12)22-8-2-3-18(22)23)20-19(24)21-16-10-13-5-6-14(16)9-13/h4,7,11,13-14,16H,2-3,5-6,8-10H2,1H3,(H2,20,21,24)/t13-,14+,16+/m0/s1. The molecule has 128 valence electrons. The summed E-state index contributed by atoms with van der Waals surface area (Å²) < 4.78 is 0. The molecule has 0 spiro atoms. The van der Waals surface area contributed by atoms with Gasteiger partial charge in [0.15, 0.2) is 5.11 Å². The Hall–Kier alpha value is -1.62. The van der Waals surface area contributed by atoms with E-state index < -0.39 is 0 Å². The fourth-order valence-corrected chi connectivity index (χ4v) is 4.91. The maximum absolute atomic E-state index is 12.0. The first-order valence-electron chi connectivity index (χ1n) is 9.08. The van der Waals surface area contributed by atoms with Gasteiger partial charge in [-0.25, -0.2) is 0 Å². The van der Waals surface area contributed by atoms with Gasteiger partial charge < -0.3 is 15.5 Å². The number of aryl methyl sites for hydroxylation is 1. The van der Waals surface area contributed by atoms with Crippen molar-refractivity contribution >= 4 is 34.6 Å². The zero-order valence-electron chi connectivity index (χ0n) is 14.2. The highest BCUT2D eigenvalue weighted by atomic mass is 32.1. The van der Waals surface area contributed by atoms with E-state index in [0.717, 1.165) is 41.7 Å². The highest BCUT2D eigenvalue weighted by molar-refractivity contribution is 7.80. The number of rotatable bonds is 3. The van der Waals surface area contributed by atoms with Crippen LogP contribution in [0.4, 0.5) is 11.4 Å². The molecule has 1 amide bonds. The second-order valence-corrected chi connectivity index (χ2v) is 7.94. The van der Waals surface area contributed by atoms with Gasteiger partial charge in [-0.3, -0.25) is 4.79 Å². The van der Waals surface area contributed by atoms with Gasteiger partial charge in [-0.2, -0.15) is 0 Å². The average molecular weight is 343 g/mol. The van der Waals surface area contributed by atoms with Crippen LogP contribution < -0.4 is 15.5 Å². The Morgan fingerprint density at radius 3 is 2.83 bits per heavy atom. The van der Waals surface area contributed by atoms with Crippen LogP contribution in [0.1, 0.15) is 44.1 Å². The van der Waals surface area contributed by atoms with Gasteiger partial charge in [0.25, 0.3) is 0 Å². The van der Waals surface area contributed by atoms with E-state index in [1.807, 2.05) is 17.0 Å². The molecule has 0 aromatic heterocycles. The third kappa shape index (κ3) is 3.02. The third-order valence-electron chi connectivity index (χ3n) is 5.89. The number of fused-ring (bicyclic) bond motifs is 2. The Labute approximate surface area is 149 Å². The molecule has 2 saturated carbocycles. The van der Waals surface area contributed by atoms with Crippen LogP contribution in [0.2, 0.25) is 0 Å². The minimum atomic E-state index is 0.220. The van der Waals surface area contributed by atoms with Crippen LogP contribution in [0.3, 0.4) is 0 Å². The SMILES string of the molecule is Cc1ccc(NC(=S)N[C@@H]2C[C@H]3CC[C@@H]2C3)cc1N1CCCC1=O. The van der Waals surface area contributed by atoms with Gasteiger partial charge in [0.1, 0.15) is 0 Å². The largest absolute Gasteiger partial charge is 0.359 e. The van der Waals surface area contributed by atoms with E-state index >= 15 is 0 Å². The summed E-state index contributed by atoms with van der Waals surface area (Å²) in [6.45, 7) is 2.87. The molecule has 1 saturated heterocycles. The molecule has 1 heterocycles. The van der Waals surface area contributed by atoms with Crippen molar-refractivity contribution in [2.45, 2.75) is 51.5 Å². The molecule has 4 rings (SSSR count). The van der Waals surface area contributed by atoms with Crippen molar-refractivity contribution in [3.05, 3.63) is 23.8 Å². The van der Waals surface area contributed by atoms with Crippen LogP contribution in [-0.4, -0.2) is 23.6 Å². The molecule has 0 radical (unpaired) electrons. The first kappa shape index (κ1) is 15.9. The van der Waals surface area contributed by atoms with E-state index in [2.05, 4.69) is 23.6 Å². The van der Waals surface area contributed by atoms with Crippen LogP contribution in [-0.2, 0) is 4.79 Å². The lowest BCUT2D eigenvalue weighted by Crippen LogP contribution is -2.40. The molecule has 2 bridgehead atoms. The third-order valence-corrected chi connectivity index (χ3v) is 6.11. The Bertz CT molecular complexity index is 675. The fourth-order valence-electron chi connectivity index (χ4n) is 4.64. The molecule has 24 heavy (non-hydrogen) atoms. The number of carbonyl (C=O) groups is 1. The number of benzene rings is 1. The van der Waals surface area contributed by atoms with Crippen molar-refractivity contribution in [3.63, 3.8) is 0 Å². The monoisotopic (exact) mass is 343 g/mol. The maximum atomic E-state index is 12.0. The van der Waals surface area contributed by atoms with Crippen molar-refractivity contribution in [1.82, 2.24) is 5.32 Å². The predicted molar refractivity (Wildman–Crippen MR) is 101 cm³/mol. The zero-order chi connectivity index (χ0) is 16.7. The van der Waals surface area contributed by atoms with Gasteiger partial charge in [0.05, 0.1) is 0 Å². The van der Waals surface area contributed by atoms with Crippen molar-refractivity contribution in [1.29, 1.82) is 0 Å². The summed E-state index contributed by atoms with van der Waals surface area (Å²) in [6.07, 6.45) is 6.96. The van der Waals surface area contributed by atoms with Crippen molar-refractivity contribution in [3.8, 4) is 0 Å². The Morgan fingerprint density at radius 1 is 1.29 bits per heavy atom. The van der Waals surface area contributed by atoms with E-state index in [0.29, 0.717) is 17.6 Å². The van der Waals surface area contributed by atoms with Crippen LogP contribution in [0, 0.1) is 18.8 Å². The molecule has 5 heteroatoms. The predicted octanol–water partition coefficient (Wildman–Crippen LogP) is 3.60. The van der Waals surface area contributed by atoms with Gasteiger partial charge >= 0.3 is 0 Å². The lowest BCUT2D eigenvalue weighted by atomic mass is 9.96. The lowest BCUT2D eigenvalue weighted by Gasteiger charge is -2.25. The number of hydrogen-bond donors (Lipinski definition) is 2. The summed E-state index contributed by atoms with van der Waals surface area (Å²) in [5.41, 5.74) is 3.09. The molecule has 2 aliphatic carbocycles. The summed E-state index contributed by atoms with van der Waals surface area (Å²) in [5.74, 6) is 1.92. The van der Waals surface area contributed by atoms with Crippen molar-refractivity contribution in [2.24, 2.45) is 11.8 Å². The molecular formula is C19H25N3OS. The summed E-state index contributed by atoms with van der Waals surface area (Å²) >= 11 is 5.52. The summed E-state index contributed by atoms with van der Waals surface area (Å²) in [4.78, 5) is 13.9. The Morgan fingerprint density at radius 2 is 2.17 bits per heavy atom. The molecular weight excluding hydrogens is 318 g/mol. The fraction of sp³-hybridized carbons (Fsp3) is 0.579. The second kappa shape index (κ2) is 6.36. The number of nitrogens with zero attached hydrogens (tertiary/aromatic N) is 1. The van der Waals surface area contributed by atoms with Crippen LogP contribution in [0.25, 0.3) is 0 Å². The van der Waals surface area contributed by atoms with Crippen molar-refractivity contribution in [2.75, 3.05) is 16.8 Å². The van der Waals surface area contributed by atoms with E-state index in [9.17, 15) is 4.79 Å². The van der Waals surface area contributed by atoms with Gasteiger partial charge in [-0.1, -0.05) is 12.5 Å². The number of nitrogens with one attached hydrogen (secondary N) is 2. The van der Waals surface area contributed by atoms with E-state index in [1.165, 1.54) is 25.7 Å². The average Bonchev–Trinajstić information content (AvgIpc) is 3.26. The van der Waals surface area contributed by atoms with Crippen LogP contribution in [0.15, 0.2) is 18.2 Å². The number of amides is 1. The van der Waals surface area contributed by atoms with E-state index in [1.54, 1.807) is 0 Å². The molecule has 3 aliphatic rings. The zero-order valence-corrected chi connectivity index (χ0v) is 15.0. The maximum Gasteiger partial charge on any atom is 0.227 e. The topological polar surface area (TPSA) is 44.4 Å². The second-order valence-electron chi connectivity index (χ2n) is 7.53. The highest BCUT2D eigenvalue weighted by Crippen LogP contribution is 2.44. The minimum absolute atomic E-state index is 0.220. The summed E-state index contributed by atoms with van der Waals surface area (Å²) in [7, 11) is 0. The minimum Gasteiger partial charge on any atom is -0.359 e. The van der Waals surface area contributed by atoms with Crippen LogP contribution >= 0.6 is 12.2 Å². The first-order valence-corrected chi connectivity index (χ1v) is 9.49. The molecule has 3 fully saturated rings. The van der Waals surface area contributed by atoms with E-state index in [-0.39, 0.29) is 5.91 Å². The number of carbonyl (C=O) groups excluding carboxylic acids is 1. The molecule has 1 aliphatic heterocycles. The van der Waals surface area contributed by atoms with Gasteiger partial charge in [-0.05, 0) is 74.4 Å². The highest BCUT2D eigenvalue weighted by Gasteiger charge is 2.39. The normalized spacial score (nSPS) is 28.5. The molecule has 4 nitrogen and oxygen atoms in total. The summed E-state index contributed by atoms with van der Waals surface area (Å²) in [5, 5.41) is 7.53. The first-order chi connectivity index (χ1) is 11.6. The molecule has 2 N–H and O–H groups in total. The van der Waals surface area contributed by atoms with Gasteiger partial charge in [-0.15, -0.1) is 0 Å².